The average molecular weight is 469 g/mol. The number of rotatable bonds is 7. The van der Waals surface area contributed by atoms with Crippen LogP contribution < -0.4 is 10.3 Å². The quantitative estimate of drug-likeness (QED) is 0.523. The highest BCUT2D eigenvalue weighted by Gasteiger charge is 2.33. The van der Waals surface area contributed by atoms with Crippen LogP contribution in [0.3, 0.4) is 0 Å². The van der Waals surface area contributed by atoms with Crippen LogP contribution in [0.1, 0.15) is 54.9 Å². The molecule has 1 aliphatic rings. The van der Waals surface area contributed by atoms with Crippen LogP contribution in [0.25, 0.3) is 10.9 Å². The van der Waals surface area contributed by atoms with Crippen molar-refractivity contribution >= 4 is 26.7 Å². The standard InChI is InChI=1S/C25H28N2O5S/c1-17(28)18-9-12-23(13-10-18)33(30,31)27(21-6-4-3-5-7-21)16-20-14-19-8-11-22(32-2)15-24(19)26-25(20)29/h8-15,21H,3-7,16H2,1-2H3,(H,26,29). The Morgan fingerprint density at radius 2 is 1.76 bits per heavy atom. The summed E-state index contributed by atoms with van der Waals surface area (Å²) in [5.41, 5.74) is 1.16. The third-order valence-corrected chi connectivity index (χ3v) is 8.22. The van der Waals surface area contributed by atoms with Crippen LogP contribution in [0.2, 0.25) is 0 Å². The minimum atomic E-state index is -3.87. The van der Waals surface area contributed by atoms with Crippen molar-refractivity contribution in [2.45, 2.75) is 56.5 Å². The lowest BCUT2D eigenvalue weighted by atomic mass is 9.95. The highest BCUT2D eigenvalue weighted by molar-refractivity contribution is 7.89. The number of carbonyl (C=O) groups is 1. The molecule has 33 heavy (non-hydrogen) atoms. The van der Waals surface area contributed by atoms with E-state index < -0.39 is 10.0 Å². The van der Waals surface area contributed by atoms with Gasteiger partial charge in [0, 0.05) is 29.8 Å². The molecule has 1 N–H and O–H groups in total. The molecule has 0 spiro atoms. The van der Waals surface area contributed by atoms with Gasteiger partial charge in [-0.15, -0.1) is 0 Å². The van der Waals surface area contributed by atoms with Crippen molar-refractivity contribution in [2.75, 3.05) is 7.11 Å². The Hall–Kier alpha value is -2.97. The van der Waals surface area contributed by atoms with E-state index in [0.29, 0.717) is 22.4 Å². The van der Waals surface area contributed by atoms with E-state index in [-0.39, 0.29) is 28.8 Å². The van der Waals surface area contributed by atoms with Crippen molar-refractivity contribution in [1.82, 2.24) is 9.29 Å². The van der Waals surface area contributed by atoms with Crippen molar-refractivity contribution in [3.63, 3.8) is 0 Å². The van der Waals surface area contributed by atoms with Gasteiger partial charge in [-0.25, -0.2) is 8.42 Å². The predicted octanol–water partition coefficient (Wildman–Crippen LogP) is 4.26. The number of methoxy groups -OCH3 is 1. The number of fused-ring (bicyclic) bond motifs is 1. The van der Waals surface area contributed by atoms with Gasteiger partial charge in [0.1, 0.15) is 5.75 Å². The van der Waals surface area contributed by atoms with E-state index >= 15 is 0 Å². The van der Waals surface area contributed by atoms with Crippen LogP contribution in [0, 0.1) is 0 Å². The zero-order chi connectivity index (χ0) is 23.6. The number of Topliss-reactive ketones (excluding diaryl/α,β-unsaturated/α-hetero) is 1. The Morgan fingerprint density at radius 1 is 1.06 bits per heavy atom. The number of aromatic nitrogens is 1. The molecule has 1 fully saturated rings. The number of nitrogens with one attached hydrogen (secondary N) is 1. The normalized spacial score (nSPS) is 15.1. The molecule has 3 aromatic rings. The van der Waals surface area contributed by atoms with Crippen LogP contribution in [0.5, 0.6) is 5.75 Å². The number of nitrogens with zero attached hydrogens (tertiary/aromatic N) is 1. The molecule has 0 radical (unpaired) electrons. The van der Waals surface area contributed by atoms with Crippen LogP contribution in [-0.4, -0.2) is 36.6 Å². The molecule has 7 nitrogen and oxygen atoms in total. The molecule has 1 saturated carbocycles. The third kappa shape index (κ3) is 4.86. The SMILES string of the molecule is COc1ccc2cc(CN(C3CCCCC3)S(=O)(=O)c3ccc(C(C)=O)cc3)c(=O)[nH]c2c1. The molecule has 0 bridgehead atoms. The van der Waals surface area contributed by atoms with Crippen molar-refractivity contribution in [2.24, 2.45) is 0 Å². The lowest BCUT2D eigenvalue weighted by Crippen LogP contribution is -2.42. The molecule has 174 valence electrons. The number of ether oxygens (including phenoxy) is 1. The largest absolute Gasteiger partial charge is 0.497 e. The number of hydrogen-bond donors (Lipinski definition) is 1. The van der Waals surface area contributed by atoms with Gasteiger partial charge in [0.2, 0.25) is 10.0 Å². The van der Waals surface area contributed by atoms with Crippen molar-refractivity contribution in [3.8, 4) is 5.75 Å². The molecular formula is C25H28N2O5S. The summed E-state index contributed by atoms with van der Waals surface area (Å²) >= 11 is 0. The predicted molar refractivity (Wildman–Crippen MR) is 127 cm³/mol. The Bertz CT molecular complexity index is 1320. The topological polar surface area (TPSA) is 96.5 Å². The third-order valence-electron chi connectivity index (χ3n) is 6.31. The first kappa shape index (κ1) is 23.2. The molecule has 4 rings (SSSR count). The Labute approximate surface area is 193 Å². The van der Waals surface area contributed by atoms with E-state index in [9.17, 15) is 18.0 Å². The number of H-pyrrole nitrogens is 1. The van der Waals surface area contributed by atoms with Crippen LogP contribution in [-0.2, 0) is 16.6 Å². The number of aromatic amines is 1. The van der Waals surface area contributed by atoms with E-state index in [1.807, 2.05) is 6.07 Å². The molecule has 1 heterocycles. The fraction of sp³-hybridized carbons (Fsp3) is 0.360. The maximum absolute atomic E-state index is 13.7. The molecule has 8 heteroatoms. The molecule has 1 aromatic heterocycles. The van der Waals surface area contributed by atoms with Crippen molar-refractivity contribution < 1.29 is 17.9 Å². The number of benzene rings is 2. The van der Waals surface area contributed by atoms with Crippen molar-refractivity contribution in [1.29, 1.82) is 0 Å². The number of ketones is 1. The van der Waals surface area contributed by atoms with E-state index in [1.54, 1.807) is 25.3 Å². The van der Waals surface area contributed by atoms with Gasteiger partial charge >= 0.3 is 0 Å². The van der Waals surface area contributed by atoms with Gasteiger partial charge in [-0.1, -0.05) is 31.4 Å². The van der Waals surface area contributed by atoms with Gasteiger partial charge in [-0.3, -0.25) is 9.59 Å². The van der Waals surface area contributed by atoms with Crippen LogP contribution >= 0.6 is 0 Å². The highest BCUT2D eigenvalue weighted by Crippen LogP contribution is 2.30. The summed E-state index contributed by atoms with van der Waals surface area (Å²) in [4.78, 5) is 27.5. The van der Waals surface area contributed by atoms with E-state index in [0.717, 1.165) is 37.5 Å². The molecule has 2 aromatic carbocycles. The summed E-state index contributed by atoms with van der Waals surface area (Å²) in [6, 6.07) is 13.0. The van der Waals surface area contributed by atoms with Crippen molar-refractivity contribution in [3.05, 3.63) is 70.0 Å². The van der Waals surface area contributed by atoms with E-state index in [4.69, 9.17) is 4.74 Å². The number of sulfonamides is 1. The fourth-order valence-corrected chi connectivity index (χ4v) is 6.08. The minimum absolute atomic E-state index is 0.0151. The summed E-state index contributed by atoms with van der Waals surface area (Å²) in [5.74, 6) is 0.508. The molecule has 0 unspecified atom stereocenters. The first-order valence-electron chi connectivity index (χ1n) is 11.1. The summed E-state index contributed by atoms with van der Waals surface area (Å²) in [7, 11) is -2.31. The molecule has 0 amide bonds. The Balaban J connectivity index is 1.74. The monoisotopic (exact) mass is 468 g/mol. The first-order valence-corrected chi connectivity index (χ1v) is 12.6. The van der Waals surface area contributed by atoms with Gasteiger partial charge in [0.15, 0.2) is 5.78 Å². The summed E-state index contributed by atoms with van der Waals surface area (Å²) in [6.07, 6.45) is 4.50. The van der Waals surface area contributed by atoms with E-state index in [2.05, 4.69) is 4.98 Å². The summed E-state index contributed by atoms with van der Waals surface area (Å²) in [6.45, 7) is 1.43. The average Bonchev–Trinajstić information content (AvgIpc) is 2.82. The smallest absolute Gasteiger partial charge is 0.252 e. The molecule has 0 saturated heterocycles. The second kappa shape index (κ2) is 9.49. The number of hydrogen-bond acceptors (Lipinski definition) is 5. The number of carbonyl (C=O) groups excluding carboxylic acids is 1. The molecule has 0 atom stereocenters. The Kier molecular flexibility index (Phi) is 6.67. The molecule has 1 aliphatic carbocycles. The molecule has 0 aliphatic heterocycles. The second-order valence-electron chi connectivity index (χ2n) is 8.50. The van der Waals surface area contributed by atoms with Gasteiger partial charge in [-0.2, -0.15) is 4.31 Å². The minimum Gasteiger partial charge on any atom is -0.497 e. The van der Waals surface area contributed by atoms with E-state index in [1.165, 1.54) is 35.5 Å². The second-order valence-corrected chi connectivity index (χ2v) is 10.4. The Morgan fingerprint density at radius 3 is 2.39 bits per heavy atom. The first-order chi connectivity index (χ1) is 15.8. The zero-order valence-corrected chi connectivity index (χ0v) is 19.7. The lowest BCUT2D eigenvalue weighted by Gasteiger charge is -2.33. The maximum atomic E-state index is 13.7. The maximum Gasteiger partial charge on any atom is 0.252 e. The number of pyridine rings is 1. The van der Waals surface area contributed by atoms with Gasteiger partial charge < -0.3 is 9.72 Å². The van der Waals surface area contributed by atoms with Crippen LogP contribution in [0.15, 0.2) is 58.2 Å². The highest BCUT2D eigenvalue weighted by atomic mass is 32.2. The molecular weight excluding hydrogens is 440 g/mol. The summed E-state index contributed by atoms with van der Waals surface area (Å²) < 4.78 is 34.1. The lowest BCUT2D eigenvalue weighted by molar-refractivity contribution is 0.101. The fourth-order valence-electron chi connectivity index (χ4n) is 4.41. The zero-order valence-electron chi connectivity index (χ0n) is 18.8. The van der Waals surface area contributed by atoms with Gasteiger partial charge in [-0.05, 0) is 55.5 Å². The summed E-state index contributed by atoms with van der Waals surface area (Å²) in [5, 5.41) is 0.803. The van der Waals surface area contributed by atoms with Gasteiger partial charge in [0.25, 0.3) is 5.56 Å². The van der Waals surface area contributed by atoms with Gasteiger partial charge in [0.05, 0.1) is 17.5 Å². The van der Waals surface area contributed by atoms with Crippen LogP contribution in [0.4, 0.5) is 0 Å².